The Bertz CT molecular complexity index is 330. The molecule has 0 saturated heterocycles. The SMILES string of the molecule is CCc1cc(CC)n(C2CCCC2N)n1. The van der Waals surface area contributed by atoms with Gasteiger partial charge in [-0.1, -0.05) is 13.8 Å². The maximum Gasteiger partial charge on any atom is 0.0673 e. The molecule has 2 N–H and O–H groups in total. The van der Waals surface area contributed by atoms with Crippen molar-refractivity contribution in [3.8, 4) is 0 Å². The average molecular weight is 207 g/mol. The Morgan fingerprint density at radius 1 is 1.40 bits per heavy atom. The molecule has 3 heteroatoms. The fraction of sp³-hybridized carbons (Fsp3) is 0.750. The largest absolute Gasteiger partial charge is 0.326 e. The van der Waals surface area contributed by atoms with Gasteiger partial charge in [-0.3, -0.25) is 4.68 Å². The fourth-order valence-electron chi connectivity index (χ4n) is 2.49. The van der Waals surface area contributed by atoms with E-state index in [1.54, 1.807) is 0 Å². The van der Waals surface area contributed by atoms with E-state index in [9.17, 15) is 0 Å². The molecule has 1 fully saturated rings. The second-order valence-electron chi connectivity index (χ2n) is 4.44. The lowest BCUT2D eigenvalue weighted by molar-refractivity contribution is 0.407. The Hall–Kier alpha value is -0.830. The normalized spacial score (nSPS) is 26.1. The summed E-state index contributed by atoms with van der Waals surface area (Å²) < 4.78 is 2.19. The summed E-state index contributed by atoms with van der Waals surface area (Å²) in [6.07, 6.45) is 5.66. The van der Waals surface area contributed by atoms with Gasteiger partial charge in [0.1, 0.15) is 0 Å². The number of nitrogens with zero attached hydrogens (tertiary/aromatic N) is 2. The lowest BCUT2D eigenvalue weighted by atomic mass is 10.2. The minimum atomic E-state index is 0.305. The number of rotatable bonds is 3. The summed E-state index contributed by atoms with van der Waals surface area (Å²) in [6, 6.07) is 2.98. The summed E-state index contributed by atoms with van der Waals surface area (Å²) in [7, 11) is 0. The molecule has 84 valence electrons. The molecule has 1 saturated carbocycles. The number of nitrogens with two attached hydrogens (primary N) is 1. The first-order valence-corrected chi connectivity index (χ1v) is 6.09. The molecule has 0 aliphatic heterocycles. The van der Waals surface area contributed by atoms with Gasteiger partial charge in [0.25, 0.3) is 0 Å². The minimum Gasteiger partial charge on any atom is -0.326 e. The van der Waals surface area contributed by atoms with Crippen LogP contribution < -0.4 is 5.73 Å². The molecular weight excluding hydrogens is 186 g/mol. The quantitative estimate of drug-likeness (QED) is 0.824. The van der Waals surface area contributed by atoms with E-state index < -0.39 is 0 Å². The van der Waals surface area contributed by atoms with Crippen molar-refractivity contribution in [3.63, 3.8) is 0 Å². The van der Waals surface area contributed by atoms with Crippen molar-refractivity contribution >= 4 is 0 Å². The molecule has 1 aliphatic carbocycles. The van der Waals surface area contributed by atoms with E-state index in [1.807, 2.05) is 0 Å². The molecule has 0 bridgehead atoms. The van der Waals surface area contributed by atoms with Crippen LogP contribution >= 0.6 is 0 Å². The number of aromatic nitrogens is 2. The second kappa shape index (κ2) is 4.35. The van der Waals surface area contributed by atoms with Gasteiger partial charge >= 0.3 is 0 Å². The first kappa shape index (κ1) is 10.7. The van der Waals surface area contributed by atoms with Crippen LogP contribution in [0.15, 0.2) is 6.07 Å². The number of aryl methyl sites for hydroxylation is 2. The Labute approximate surface area is 91.7 Å². The van der Waals surface area contributed by atoms with Gasteiger partial charge in [-0.15, -0.1) is 0 Å². The van der Waals surface area contributed by atoms with Crippen LogP contribution in [0.1, 0.15) is 50.5 Å². The van der Waals surface area contributed by atoms with Gasteiger partial charge in [0.2, 0.25) is 0 Å². The number of hydrogen-bond donors (Lipinski definition) is 1. The average Bonchev–Trinajstić information content (AvgIpc) is 2.82. The predicted molar refractivity (Wildman–Crippen MR) is 61.8 cm³/mol. The van der Waals surface area contributed by atoms with Crippen LogP contribution in [0.25, 0.3) is 0 Å². The molecule has 1 aliphatic rings. The summed E-state index contributed by atoms with van der Waals surface area (Å²) >= 11 is 0. The van der Waals surface area contributed by atoms with Gasteiger partial charge in [-0.25, -0.2) is 0 Å². The molecule has 1 heterocycles. The summed E-state index contributed by atoms with van der Waals surface area (Å²) in [5.74, 6) is 0. The van der Waals surface area contributed by atoms with Crippen molar-refractivity contribution in [1.82, 2.24) is 9.78 Å². The van der Waals surface area contributed by atoms with Gasteiger partial charge in [0.05, 0.1) is 11.7 Å². The van der Waals surface area contributed by atoms with Crippen molar-refractivity contribution in [2.45, 2.75) is 58.0 Å². The van der Waals surface area contributed by atoms with E-state index in [0.29, 0.717) is 12.1 Å². The van der Waals surface area contributed by atoms with Gasteiger partial charge in [-0.05, 0) is 38.2 Å². The highest BCUT2D eigenvalue weighted by Gasteiger charge is 2.27. The molecule has 1 aromatic rings. The van der Waals surface area contributed by atoms with E-state index in [4.69, 9.17) is 5.73 Å². The lowest BCUT2D eigenvalue weighted by Gasteiger charge is -2.18. The molecule has 0 aromatic carbocycles. The smallest absolute Gasteiger partial charge is 0.0673 e. The standard InChI is InChI=1S/C12H21N3/c1-3-9-8-10(4-2)15(14-9)12-7-5-6-11(12)13/h8,11-12H,3-7,13H2,1-2H3. The van der Waals surface area contributed by atoms with E-state index in [1.165, 1.54) is 24.2 Å². The minimum absolute atomic E-state index is 0.305. The van der Waals surface area contributed by atoms with Crippen molar-refractivity contribution < 1.29 is 0 Å². The van der Waals surface area contributed by atoms with Crippen LogP contribution in [0.2, 0.25) is 0 Å². The molecule has 2 rings (SSSR count). The summed E-state index contributed by atoms with van der Waals surface area (Å²) in [6.45, 7) is 4.34. The summed E-state index contributed by atoms with van der Waals surface area (Å²) in [5.41, 5.74) is 8.67. The maximum absolute atomic E-state index is 6.12. The molecule has 15 heavy (non-hydrogen) atoms. The third kappa shape index (κ3) is 1.93. The van der Waals surface area contributed by atoms with E-state index in [-0.39, 0.29) is 0 Å². The summed E-state index contributed by atoms with van der Waals surface area (Å²) in [5, 5.41) is 4.67. The van der Waals surface area contributed by atoms with E-state index in [2.05, 4.69) is 29.7 Å². The molecule has 2 unspecified atom stereocenters. The first-order valence-electron chi connectivity index (χ1n) is 6.09. The second-order valence-corrected chi connectivity index (χ2v) is 4.44. The van der Waals surface area contributed by atoms with Gasteiger partial charge in [0, 0.05) is 11.7 Å². The molecule has 3 nitrogen and oxygen atoms in total. The van der Waals surface area contributed by atoms with Crippen LogP contribution in [-0.2, 0) is 12.8 Å². The Kier molecular flexibility index (Phi) is 3.10. The van der Waals surface area contributed by atoms with E-state index >= 15 is 0 Å². The van der Waals surface area contributed by atoms with Crippen LogP contribution in [0, 0.1) is 0 Å². The number of hydrogen-bond acceptors (Lipinski definition) is 2. The zero-order chi connectivity index (χ0) is 10.8. The highest BCUT2D eigenvalue weighted by atomic mass is 15.3. The van der Waals surface area contributed by atoms with Crippen LogP contribution in [-0.4, -0.2) is 15.8 Å². The van der Waals surface area contributed by atoms with Gasteiger partial charge in [0.15, 0.2) is 0 Å². The van der Waals surface area contributed by atoms with Crippen molar-refractivity contribution in [2.75, 3.05) is 0 Å². The topological polar surface area (TPSA) is 43.8 Å². The van der Waals surface area contributed by atoms with Crippen LogP contribution in [0.3, 0.4) is 0 Å². The molecule has 0 radical (unpaired) electrons. The zero-order valence-electron chi connectivity index (χ0n) is 9.74. The molecule has 1 aromatic heterocycles. The van der Waals surface area contributed by atoms with Crippen LogP contribution in [0.4, 0.5) is 0 Å². The molecular formula is C12H21N3. The van der Waals surface area contributed by atoms with Gasteiger partial charge < -0.3 is 5.73 Å². The zero-order valence-corrected chi connectivity index (χ0v) is 9.74. The first-order chi connectivity index (χ1) is 7.26. The molecule has 2 atom stereocenters. The monoisotopic (exact) mass is 207 g/mol. The Morgan fingerprint density at radius 2 is 2.20 bits per heavy atom. The van der Waals surface area contributed by atoms with Crippen molar-refractivity contribution in [3.05, 3.63) is 17.5 Å². The summed E-state index contributed by atoms with van der Waals surface area (Å²) in [4.78, 5) is 0. The maximum atomic E-state index is 6.12. The fourth-order valence-corrected chi connectivity index (χ4v) is 2.49. The highest BCUT2D eigenvalue weighted by molar-refractivity contribution is 5.12. The van der Waals surface area contributed by atoms with Crippen molar-refractivity contribution in [2.24, 2.45) is 5.73 Å². The van der Waals surface area contributed by atoms with Crippen molar-refractivity contribution in [1.29, 1.82) is 0 Å². The Balaban J connectivity index is 2.29. The molecule has 0 spiro atoms. The third-order valence-electron chi connectivity index (χ3n) is 3.43. The van der Waals surface area contributed by atoms with E-state index in [0.717, 1.165) is 19.3 Å². The Morgan fingerprint density at radius 3 is 2.73 bits per heavy atom. The third-order valence-corrected chi connectivity index (χ3v) is 3.43. The van der Waals surface area contributed by atoms with Gasteiger partial charge in [-0.2, -0.15) is 5.10 Å². The predicted octanol–water partition coefficient (Wildman–Crippen LogP) is 2.06. The molecule has 0 amide bonds. The lowest BCUT2D eigenvalue weighted by Crippen LogP contribution is -2.28. The van der Waals surface area contributed by atoms with Crippen LogP contribution in [0.5, 0.6) is 0 Å². The highest BCUT2D eigenvalue weighted by Crippen LogP contribution is 2.29.